The molecule has 0 saturated carbocycles. The molecule has 1 aromatic heterocycles. The minimum absolute atomic E-state index is 0.0205. The Balaban J connectivity index is 1.78. The number of anilines is 1. The van der Waals surface area contributed by atoms with Crippen LogP contribution in [0.3, 0.4) is 0 Å². The summed E-state index contributed by atoms with van der Waals surface area (Å²) in [6.45, 7) is 2.25. The Morgan fingerprint density at radius 1 is 1.25 bits per heavy atom. The molecular formula is C16H18N6OS. The molecule has 0 amide bonds. The van der Waals surface area contributed by atoms with Crippen LogP contribution in [0.25, 0.3) is 0 Å². The van der Waals surface area contributed by atoms with Gasteiger partial charge in [0.15, 0.2) is 5.84 Å². The van der Waals surface area contributed by atoms with E-state index in [9.17, 15) is 10.5 Å². The average Bonchev–Trinajstić information content (AvgIpc) is 3.00. The van der Waals surface area contributed by atoms with Crippen LogP contribution in [0.1, 0.15) is 28.8 Å². The van der Waals surface area contributed by atoms with Crippen molar-refractivity contribution in [1.82, 2.24) is 4.90 Å². The molecular weight excluding hydrogens is 324 g/mol. The number of ether oxygens (including phenoxy) is 1. The molecule has 0 bridgehead atoms. The molecule has 2 aliphatic rings. The summed E-state index contributed by atoms with van der Waals surface area (Å²) in [7, 11) is 0. The van der Waals surface area contributed by atoms with E-state index >= 15 is 0 Å². The van der Waals surface area contributed by atoms with Gasteiger partial charge in [0.1, 0.15) is 17.1 Å². The second-order valence-electron chi connectivity index (χ2n) is 5.66. The molecule has 0 atom stereocenters. The zero-order valence-corrected chi connectivity index (χ0v) is 14.1. The number of morpholine rings is 1. The highest BCUT2D eigenvalue weighted by molar-refractivity contribution is 7.16. The van der Waals surface area contributed by atoms with Crippen LogP contribution in [0.5, 0.6) is 0 Å². The highest BCUT2D eigenvalue weighted by Gasteiger charge is 2.22. The van der Waals surface area contributed by atoms with Crippen LogP contribution < -0.4 is 5.43 Å². The van der Waals surface area contributed by atoms with Crippen molar-refractivity contribution in [2.45, 2.75) is 25.7 Å². The highest BCUT2D eigenvalue weighted by atomic mass is 32.1. The number of rotatable bonds is 3. The third-order valence-corrected chi connectivity index (χ3v) is 5.41. The highest BCUT2D eigenvalue weighted by Crippen LogP contribution is 2.37. The number of nitrogens with one attached hydrogen (secondary N) is 2. The van der Waals surface area contributed by atoms with Gasteiger partial charge < -0.3 is 9.64 Å². The lowest BCUT2D eigenvalue weighted by Crippen LogP contribution is -2.43. The quantitative estimate of drug-likeness (QED) is 0.497. The fourth-order valence-corrected chi connectivity index (χ4v) is 4.12. The molecule has 7 nitrogen and oxygen atoms in total. The predicted molar refractivity (Wildman–Crippen MR) is 92.5 cm³/mol. The number of hydrogen-bond donors (Lipinski definition) is 2. The number of fused-ring (bicyclic) bond motifs is 1. The fourth-order valence-electron chi connectivity index (χ4n) is 2.94. The van der Waals surface area contributed by atoms with E-state index in [0.29, 0.717) is 36.9 Å². The SMILES string of the molecule is N#C/C(=N/Nc1sc2c(c1C#N)CCCC2)C(=N)N1CCOCC1. The molecule has 0 aromatic carbocycles. The van der Waals surface area contributed by atoms with E-state index in [4.69, 9.17) is 10.1 Å². The number of nitrogens with zero attached hydrogens (tertiary/aromatic N) is 4. The number of thiophene rings is 1. The number of nitriles is 2. The van der Waals surface area contributed by atoms with Gasteiger partial charge in [-0.1, -0.05) is 0 Å². The smallest absolute Gasteiger partial charge is 0.202 e. The first-order chi connectivity index (χ1) is 11.7. The first-order valence-electron chi connectivity index (χ1n) is 7.94. The van der Waals surface area contributed by atoms with Crippen LogP contribution in [-0.4, -0.2) is 42.8 Å². The lowest BCUT2D eigenvalue weighted by Gasteiger charge is -2.28. The number of hydrazone groups is 1. The van der Waals surface area contributed by atoms with Crippen LogP contribution in [0, 0.1) is 28.1 Å². The molecule has 0 radical (unpaired) electrons. The molecule has 0 unspecified atom stereocenters. The molecule has 3 rings (SSSR count). The first-order valence-corrected chi connectivity index (χ1v) is 8.76. The van der Waals surface area contributed by atoms with Crippen LogP contribution in [0.4, 0.5) is 5.00 Å². The number of amidine groups is 1. The van der Waals surface area contributed by atoms with Crippen LogP contribution in [0.15, 0.2) is 5.10 Å². The topological polar surface area (TPSA) is 108 Å². The minimum Gasteiger partial charge on any atom is -0.378 e. The standard InChI is InChI=1S/C16H18N6OS/c17-9-12-11-3-1-2-4-14(11)24-16(12)21-20-13(10-18)15(19)22-5-7-23-8-6-22/h19,21H,1-8H2/b19-15?,20-13-. The van der Waals surface area contributed by atoms with E-state index in [1.807, 2.05) is 6.07 Å². The maximum Gasteiger partial charge on any atom is 0.202 e. The fraction of sp³-hybridized carbons (Fsp3) is 0.500. The van der Waals surface area contributed by atoms with Crippen molar-refractivity contribution in [2.75, 3.05) is 31.7 Å². The van der Waals surface area contributed by atoms with Crippen molar-refractivity contribution < 1.29 is 4.74 Å². The van der Waals surface area contributed by atoms with Gasteiger partial charge in [-0.05, 0) is 31.2 Å². The zero-order valence-electron chi connectivity index (χ0n) is 13.3. The van der Waals surface area contributed by atoms with Gasteiger partial charge in [0.05, 0.1) is 18.8 Å². The summed E-state index contributed by atoms with van der Waals surface area (Å²) >= 11 is 1.53. The van der Waals surface area contributed by atoms with Gasteiger partial charge in [-0.15, -0.1) is 11.3 Å². The van der Waals surface area contributed by atoms with Crippen LogP contribution >= 0.6 is 11.3 Å². The monoisotopic (exact) mass is 342 g/mol. The predicted octanol–water partition coefficient (Wildman–Crippen LogP) is 2.10. The Labute approximate surface area is 144 Å². The number of hydrogen-bond acceptors (Lipinski definition) is 7. The lowest BCUT2D eigenvalue weighted by atomic mass is 9.96. The lowest BCUT2D eigenvalue weighted by molar-refractivity contribution is 0.0686. The van der Waals surface area contributed by atoms with Gasteiger partial charge in [-0.2, -0.15) is 15.6 Å². The molecule has 0 spiro atoms. The van der Waals surface area contributed by atoms with Gasteiger partial charge in [-0.3, -0.25) is 10.8 Å². The molecule has 1 aliphatic heterocycles. The van der Waals surface area contributed by atoms with Gasteiger partial charge >= 0.3 is 0 Å². The third-order valence-electron chi connectivity index (χ3n) is 4.21. The van der Waals surface area contributed by atoms with Crippen molar-refractivity contribution in [3.63, 3.8) is 0 Å². The molecule has 8 heteroatoms. The summed E-state index contributed by atoms with van der Waals surface area (Å²) in [4.78, 5) is 3.01. The Hall–Kier alpha value is -2.42. The van der Waals surface area contributed by atoms with E-state index in [-0.39, 0.29) is 11.5 Å². The molecule has 2 heterocycles. The second kappa shape index (κ2) is 7.43. The maximum absolute atomic E-state index is 9.44. The molecule has 24 heavy (non-hydrogen) atoms. The molecule has 2 N–H and O–H groups in total. The van der Waals surface area contributed by atoms with Crippen LogP contribution in [0.2, 0.25) is 0 Å². The Bertz CT molecular complexity index is 748. The summed E-state index contributed by atoms with van der Waals surface area (Å²) < 4.78 is 5.26. The normalized spacial score (nSPS) is 17.6. The van der Waals surface area contributed by atoms with Gasteiger partial charge in [-0.25, -0.2) is 0 Å². The van der Waals surface area contributed by atoms with E-state index < -0.39 is 0 Å². The Morgan fingerprint density at radius 2 is 2.00 bits per heavy atom. The average molecular weight is 342 g/mol. The summed E-state index contributed by atoms with van der Waals surface area (Å²) in [6, 6.07) is 4.22. The first kappa shape index (κ1) is 16.4. The summed E-state index contributed by atoms with van der Waals surface area (Å²) in [5, 5.41) is 31.7. The molecule has 1 saturated heterocycles. The van der Waals surface area contributed by atoms with Crippen molar-refractivity contribution in [1.29, 1.82) is 15.9 Å². The van der Waals surface area contributed by atoms with Crippen molar-refractivity contribution in [3.05, 3.63) is 16.0 Å². The molecule has 1 aliphatic carbocycles. The van der Waals surface area contributed by atoms with Crippen molar-refractivity contribution in [3.8, 4) is 12.1 Å². The van der Waals surface area contributed by atoms with E-state index in [0.717, 1.165) is 31.2 Å². The van der Waals surface area contributed by atoms with Crippen molar-refractivity contribution in [2.24, 2.45) is 5.10 Å². The Morgan fingerprint density at radius 3 is 2.71 bits per heavy atom. The van der Waals surface area contributed by atoms with Gasteiger partial charge in [0.2, 0.25) is 5.71 Å². The molecule has 1 fully saturated rings. The van der Waals surface area contributed by atoms with Gasteiger partial charge in [0, 0.05) is 18.0 Å². The third kappa shape index (κ3) is 3.25. The maximum atomic E-state index is 9.44. The minimum atomic E-state index is 0.0205. The summed E-state index contributed by atoms with van der Waals surface area (Å²) in [5.41, 5.74) is 4.63. The molecule has 1 aromatic rings. The second-order valence-corrected chi connectivity index (χ2v) is 6.76. The van der Waals surface area contributed by atoms with E-state index in [2.05, 4.69) is 16.6 Å². The zero-order chi connectivity index (χ0) is 16.9. The van der Waals surface area contributed by atoms with E-state index in [1.54, 1.807) is 4.90 Å². The molecule has 124 valence electrons. The number of aryl methyl sites for hydroxylation is 1. The Kier molecular flexibility index (Phi) is 5.09. The van der Waals surface area contributed by atoms with Crippen LogP contribution in [-0.2, 0) is 17.6 Å². The van der Waals surface area contributed by atoms with Crippen molar-refractivity contribution >= 4 is 27.9 Å². The largest absolute Gasteiger partial charge is 0.378 e. The van der Waals surface area contributed by atoms with E-state index in [1.165, 1.54) is 16.2 Å². The summed E-state index contributed by atoms with van der Waals surface area (Å²) in [6.07, 6.45) is 4.17. The summed E-state index contributed by atoms with van der Waals surface area (Å²) in [5.74, 6) is 0.0909. The van der Waals surface area contributed by atoms with Gasteiger partial charge in [0.25, 0.3) is 0 Å².